The highest BCUT2D eigenvalue weighted by Gasteiger charge is 2.48. The van der Waals surface area contributed by atoms with Gasteiger partial charge in [0.2, 0.25) is 11.8 Å². The number of carbonyl (C=O) groups is 3. The minimum absolute atomic E-state index is 0.0132. The summed E-state index contributed by atoms with van der Waals surface area (Å²) in [5.41, 5.74) is 2.19. The zero-order valence-corrected chi connectivity index (χ0v) is 16.0. The van der Waals surface area contributed by atoms with Crippen LogP contribution in [0, 0.1) is 5.41 Å². The number of aliphatic hydroxyl groups is 1. The number of benzene rings is 1. The number of fused-ring (bicyclic) bond motifs is 1. The molecular weight excluding hydrogens is 360 g/mol. The minimum Gasteiger partial charge on any atom is -0.388 e. The molecule has 0 bridgehead atoms. The van der Waals surface area contributed by atoms with Gasteiger partial charge in [0.15, 0.2) is 5.78 Å². The molecule has 7 nitrogen and oxygen atoms in total. The van der Waals surface area contributed by atoms with Gasteiger partial charge < -0.3 is 19.6 Å². The quantitative estimate of drug-likeness (QED) is 0.759. The number of hydrogen-bond donors (Lipinski definition) is 1. The summed E-state index contributed by atoms with van der Waals surface area (Å²) in [7, 11) is 0. The van der Waals surface area contributed by atoms with Gasteiger partial charge in [-0.3, -0.25) is 14.4 Å². The highest BCUT2D eigenvalue weighted by Crippen LogP contribution is 2.43. The smallest absolute Gasteiger partial charge is 0.242 e. The van der Waals surface area contributed by atoms with Gasteiger partial charge >= 0.3 is 0 Å². The first-order valence-corrected chi connectivity index (χ1v) is 9.93. The standard InChI is InChI=1S/C21H26N2O5/c24-14-18(25)16-2-1-15-3-4-21(12-17(15)11-16)5-6-23(20(21)27)13-19(26)22-7-9-28-10-8-22/h1-2,11,24H,3-10,12-14H2/t21-/m1/s1. The monoisotopic (exact) mass is 386 g/mol. The Hall–Kier alpha value is -2.25. The zero-order chi connectivity index (χ0) is 19.7. The molecule has 2 fully saturated rings. The number of aliphatic hydroxyl groups excluding tert-OH is 1. The molecule has 0 aromatic heterocycles. The third kappa shape index (κ3) is 3.44. The number of rotatable bonds is 4. The molecular formula is C21H26N2O5. The largest absolute Gasteiger partial charge is 0.388 e. The number of hydrogen-bond acceptors (Lipinski definition) is 5. The van der Waals surface area contributed by atoms with Crippen molar-refractivity contribution in [1.29, 1.82) is 0 Å². The fourth-order valence-corrected chi connectivity index (χ4v) is 4.64. The lowest BCUT2D eigenvalue weighted by Crippen LogP contribution is -2.47. The maximum absolute atomic E-state index is 13.2. The molecule has 2 aliphatic heterocycles. The van der Waals surface area contributed by atoms with Crippen molar-refractivity contribution in [3.05, 3.63) is 34.9 Å². The van der Waals surface area contributed by atoms with Crippen LogP contribution in [0.25, 0.3) is 0 Å². The van der Waals surface area contributed by atoms with Crippen molar-refractivity contribution in [1.82, 2.24) is 9.80 Å². The Bertz CT molecular complexity index is 802. The van der Waals surface area contributed by atoms with Crippen LogP contribution in [0.15, 0.2) is 18.2 Å². The van der Waals surface area contributed by atoms with E-state index >= 15 is 0 Å². The van der Waals surface area contributed by atoms with E-state index in [1.807, 2.05) is 12.1 Å². The summed E-state index contributed by atoms with van der Waals surface area (Å²) in [6, 6.07) is 5.51. The van der Waals surface area contributed by atoms with E-state index in [-0.39, 0.29) is 24.1 Å². The fraction of sp³-hybridized carbons (Fsp3) is 0.571. The summed E-state index contributed by atoms with van der Waals surface area (Å²) >= 11 is 0. The third-order valence-corrected chi connectivity index (χ3v) is 6.36. The molecule has 2 saturated heterocycles. The van der Waals surface area contributed by atoms with Crippen LogP contribution in [0.3, 0.4) is 0 Å². The lowest BCUT2D eigenvalue weighted by atomic mass is 9.70. The van der Waals surface area contributed by atoms with Crippen LogP contribution in [0.4, 0.5) is 0 Å². The van der Waals surface area contributed by atoms with Crippen LogP contribution >= 0.6 is 0 Å². The molecule has 1 atom stereocenters. The van der Waals surface area contributed by atoms with E-state index in [0.29, 0.717) is 44.8 Å². The molecule has 1 spiro atoms. The molecule has 4 rings (SSSR count). The number of likely N-dealkylation sites (tertiary alicyclic amines) is 1. The van der Waals surface area contributed by atoms with Crippen LogP contribution in [0.2, 0.25) is 0 Å². The van der Waals surface area contributed by atoms with Gasteiger partial charge in [0.25, 0.3) is 0 Å². The Morgan fingerprint density at radius 1 is 1.11 bits per heavy atom. The summed E-state index contributed by atoms with van der Waals surface area (Å²) in [6.07, 6.45) is 2.89. The molecule has 7 heteroatoms. The number of ketones is 1. The van der Waals surface area contributed by atoms with E-state index < -0.39 is 12.0 Å². The van der Waals surface area contributed by atoms with Crippen LogP contribution < -0.4 is 0 Å². The van der Waals surface area contributed by atoms with Crippen molar-refractivity contribution in [3.8, 4) is 0 Å². The lowest BCUT2D eigenvalue weighted by Gasteiger charge is -2.34. The first-order chi connectivity index (χ1) is 13.5. The maximum atomic E-state index is 13.2. The van der Waals surface area contributed by atoms with Gasteiger partial charge in [0.1, 0.15) is 6.61 Å². The molecule has 0 radical (unpaired) electrons. The predicted molar refractivity (Wildman–Crippen MR) is 101 cm³/mol. The Morgan fingerprint density at radius 2 is 1.89 bits per heavy atom. The number of ether oxygens (including phenoxy) is 1. The first-order valence-electron chi connectivity index (χ1n) is 9.93. The van der Waals surface area contributed by atoms with E-state index in [9.17, 15) is 14.4 Å². The minimum atomic E-state index is -0.514. The molecule has 1 aromatic rings. The van der Waals surface area contributed by atoms with Gasteiger partial charge in [-0.2, -0.15) is 0 Å². The van der Waals surface area contributed by atoms with E-state index in [0.717, 1.165) is 30.4 Å². The molecule has 2 heterocycles. The van der Waals surface area contributed by atoms with Crippen molar-refractivity contribution in [2.45, 2.75) is 25.7 Å². The molecule has 2 amide bonds. The molecule has 0 saturated carbocycles. The third-order valence-electron chi connectivity index (χ3n) is 6.36. The Labute approximate surface area is 164 Å². The van der Waals surface area contributed by atoms with Gasteiger partial charge in [-0.15, -0.1) is 0 Å². The van der Waals surface area contributed by atoms with Crippen LogP contribution in [-0.2, 0) is 27.2 Å². The summed E-state index contributed by atoms with van der Waals surface area (Å²) in [5, 5.41) is 9.11. The van der Waals surface area contributed by atoms with Crippen molar-refractivity contribution in [3.63, 3.8) is 0 Å². The number of aryl methyl sites for hydroxylation is 1. The van der Waals surface area contributed by atoms with Crippen molar-refractivity contribution >= 4 is 17.6 Å². The van der Waals surface area contributed by atoms with Crippen LogP contribution in [-0.4, -0.2) is 78.5 Å². The number of Topliss-reactive ketones (excluding diaryl/α,β-unsaturated/α-hetero) is 1. The molecule has 3 aliphatic rings. The SMILES string of the molecule is O=C(CO)c1ccc2c(c1)C[C@@]1(CC2)CCN(CC(=O)N2CCOCC2)C1=O. The molecule has 1 N–H and O–H groups in total. The second-order valence-corrected chi connectivity index (χ2v) is 7.99. The van der Waals surface area contributed by atoms with Crippen LogP contribution in [0.5, 0.6) is 0 Å². The Morgan fingerprint density at radius 3 is 2.64 bits per heavy atom. The number of morpholine rings is 1. The van der Waals surface area contributed by atoms with E-state index in [4.69, 9.17) is 9.84 Å². The molecule has 28 heavy (non-hydrogen) atoms. The van der Waals surface area contributed by atoms with Crippen LogP contribution in [0.1, 0.15) is 34.3 Å². The highest BCUT2D eigenvalue weighted by molar-refractivity contribution is 5.97. The Balaban J connectivity index is 1.47. The number of nitrogens with zero attached hydrogens (tertiary/aromatic N) is 2. The summed E-state index contributed by atoms with van der Waals surface area (Å²) in [6.45, 7) is 2.49. The number of carbonyl (C=O) groups excluding carboxylic acids is 3. The van der Waals surface area contributed by atoms with E-state index in [1.54, 1.807) is 15.9 Å². The fourth-order valence-electron chi connectivity index (χ4n) is 4.64. The van der Waals surface area contributed by atoms with E-state index in [2.05, 4.69) is 0 Å². The van der Waals surface area contributed by atoms with Gasteiger partial charge in [0, 0.05) is 25.2 Å². The maximum Gasteiger partial charge on any atom is 0.242 e. The molecule has 150 valence electrons. The average molecular weight is 386 g/mol. The zero-order valence-electron chi connectivity index (χ0n) is 16.0. The second-order valence-electron chi connectivity index (χ2n) is 7.99. The topological polar surface area (TPSA) is 87.2 Å². The molecule has 0 unspecified atom stereocenters. The van der Waals surface area contributed by atoms with Crippen molar-refractivity contribution in [2.75, 3.05) is 46.0 Å². The van der Waals surface area contributed by atoms with Crippen molar-refractivity contribution in [2.24, 2.45) is 5.41 Å². The van der Waals surface area contributed by atoms with Gasteiger partial charge in [0.05, 0.1) is 25.2 Å². The summed E-state index contributed by atoms with van der Waals surface area (Å²) < 4.78 is 5.28. The van der Waals surface area contributed by atoms with Gasteiger partial charge in [-0.25, -0.2) is 0 Å². The average Bonchev–Trinajstić information content (AvgIpc) is 3.02. The van der Waals surface area contributed by atoms with E-state index in [1.165, 1.54) is 0 Å². The summed E-state index contributed by atoms with van der Waals surface area (Å²) in [4.78, 5) is 41.0. The molecule has 1 aliphatic carbocycles. The first kappa shape index (κ1) is 19.1. The van der Waals surface area contributed by atoms with Gasteiger partial charge in [-0.05, 0) is 42.9 Å². The lowest BCUT2D eigenvalue weighted by molar-refractivity contribution is -0.144. The number of amides is 2. The molecule has 1 aromatic carbocycles. The normalized spacial score (nSPS) is 24.5. The second kappa shape index (κ2) is 7.64. The van der Waals surface area contributed by atoms with Gasteiger partial charge in [-0.1, -0.05) is 12.1 Å². The highest BCUT2D eigenvalue weighted by atomic mass is 16.5. The Kier molecular flexibility index (Phi) is 5.21. The summed E-state index contributed by atoms with van der Waals surface area (Å²) in [5.74, 6) is -0.266. The van der Waals surface area contributed by atoms with Crippen molar-refractivity contribution < 1.29 is 24.2 Å². The predicted octanol–water partition coefficient (Wildman–Crippen LogP) is 0.428.